The lowest BCUT2D eigenvalue weighted by molar-refractivity contribution is -0.376. The van der Waals surface area contributed by atoms with Crippen LogP contribution in [-0.4, -0.2) is 35.5 Å². The van der Waals surface area contributed by atoms with Crippen molar-refractivity contribution >= 4 is 29.2 Å². The molecule has 1 aliphatic rings. The molecule has 1 aliphatic heterocycles. The first-order valence-corrected chi connectivity index (χ1v) is 14.1. The van der Waals surface area contributed by atoms with E-state index in [1.807, 2.05) is 13.8 Å². The van der Waals surface area contributed by atoms with E-state index in [0.717, 1.165) is 11.0 Å². The summed E-state index contributed by atoms with van der Waals surface area (Å²) in [4.78, 5) is 27.6. The second kappa shape index (κ2) is 12.1. The summed E-state index contributed by atoms with van der Waals surface area (Å²) in [5.74, 6) is -0.230. The highest BCUT2D eigenvalue weighted by Gasteiger charge is 2.71. The van der Waals surface area contributed by atoms with Crippen molar-refractivity contribution in [1.29, 1.82) is 0 Å². The quantitative estimate of drug-likeness (QED) is 0.179. The fourth-order valence-electron chi connectivity index (χ4n) is 4.90. The fraction of sp³-hybridized carbons (Fsp3) is 0.355. The van der Waals surface area contributed by atoms with Gasteiger partial charge in [0, 0.05) is 11.6 Å². The van der Waals surface area contributed by atoms with Crippen molar-refractivity contribution < 1.29 is 50.5 Å². The van der Waals surface area contributed by atoms with Crippen molar-refractivity contribution in [3.63, 3.8) is 0 Å². The molecule has 0 radical (unpaired) electrons. The summed E-state index contributed by atoms with van der Waals surface area (Å²) in [7, 11) is 0. The third-order valence-electron chi connectivity index (χ3n) is 7.20. The number of anilines is 1. The van der Waals surface area contributed by atoms with Gasteiger partial charge in [0.05, 0.1) is 16.8 Å². The van der Waals surface area contributed by atoms with Gasteiger partial charge in [0.25, 0.3) is 11.5 Å². The Morgan fingerprint density at radius 1 is 0.933 bits per heavy atom. The molecule has 1 fully saturated rings. The lowest BCUT2D eigenvalue weighted by Crippen LogP contribution is -2.53. The number of imide groups is 1. The van der Waals surface area contributed by atoms with E-state index < -0.39 is 41.0 Å². The van der Waals surface area contributed by atoms with Crippen molar-refractivity contribution in [2.75, 3.05) is 4.90 Å². The fourth-order valence-corrected chi connectivity index (χ4v) is 5.11. The van der Waals surface area contributed by atoms with Crippen LogP contribution >= 0.6 is 11.6 Å². The Balaban J connectivity index is 1.67. The average Bonchev–Trinajstić information content (AvgIpc) is 3.17. The molecule has 45 heavy (non-hydrogen) atoms. The van der Waals surface area contributed by atoms with Crippen molar-refractivity contribution in [2.45, 2.75) is 70.1 Å². The van der Waals surface area contributed by atoms with Crippen LogP contribution in [0.1, 0.15) is 50.8 Å². The molecule has 7 nitrogen and oxygen atoms in total. The number of nitrogens with zero attached hydrogens (tertiary/aromatic N) is 1. The molecule has 0 saturated carbocycles. The van der Waals surface area contributed by atoms with Crippen molar-refractivity contribution in [3.8, 4) is 17.2 Å². The van der Waals surface area contributed by atoms with Gasteiger partial charge in [0.2, 0.25) is 0 Å². The minimum atomic E-state index is -6.05. The summed E-state index contributed by atoms with van der Waals surface area (Å²) in [6.45, 7) is 6.88. The Labute approximate surface area is 259 Å². The van der Waals surface area contributed by atoms with Crippen LogP contribution in [0.4, 0.5) is 36.8 Å². The summed E-state index contributed by atoms with van der Waals surface area (Å²) < 4.78 is 92.4. The smallest absolute Gasteiger partial charge is 0.430 e. The summed E-state index contributed by atoms with van der Waals surface area (Å²) in [5, 5.41) is 12.5. The number of nitrogens with one attached hydrogen (secondary N) is 1. The second-order valence-electron chi connectivity index (χ2n) is 10.9. The number of hydrogen-bond acceptors (Lipinski definition) is 5. The molecule has 0 aromatic heterocycles. The number of benzene rings is 3. The number of urea groups is 1. The number of aryl methyl sites for hydroxylation is 1. The molecule has 4 rings (SSSR count). The van der Waals surface area contributed by atoms with E-state index in [1.165, 1.54) is 25.1 Å². The molecule has 14 heteroatoms. The van der Waals surface area contributed by atoms with E-state index in [4.69, 9.17) is 21.1 Å². The molecule has 0 spiro atoms. The Hall–Kier alpha value is -3.97. The van der Waals surface area contributed by atoms with E-state index >= 15 is 0 Å². The second-order valence-corrected chi connectivity index (χ2v) is 11.3. The molecule has 1 saturated heterocycles. The maximum atomic E-state index is 13.7. The van der Waals surface area contributed by atoms with Gasteiger partial charge in [0.1, 0.15) is 22.8 Å². The van der Waals surface area contributed by atoms with Crippen LogP contribution in [-0.2, 0) is 22.4 Å². The van der Waals surface area contributed by atoms with Gasteiger partial charge in [-0.1, -0.05) is 43.1 Å². The van der Waals surface area contributed by atoms with Gasteiger partial charge in [0.15, 0.2) is 0 Å². The molecule has 1 heterocycles. The molecule has 3 amide bonds. The van der Waals surface area contributed by atoms with E-state index in [0.29, 0.717) is 29.9 Å². The van der Waals surface area contributed by atoms with Gasteiger partial charge in [-0.25, -0.2) is 9.69 Å². The minimum Gasteiger partial charge on any atom is -0.491 e. The maximum Gasteiger partial charge on any atom is 0.430 e. The van der Waals surface area contributed by atoms with E-state index in [1.54, 1.807) is 31.2 Å². The van der Waals surface area contributed by atoms with Crippen molar-refractivity contribution in [1.82, 2.24) is 5.32 Å². The third-order valence-corrected chi connectivity index (χ3v) is 7.52. The molecule has 242 valence electrons. The minimum absolute atomic E-state index is 0.00177. The van der Waals surface area contributed by atoms with Gasteiger partial charge in [-0.3, -0.25) is 4.79 Å². The molecule has 2 N–H and O–H groups in total. The van der Waals surface area contributed by atoms with Crippen molar-refractivity contribution in [2.24, 2.45) is 0 Å². The monoisotopic (exact) mass is 658 g/mol. The van der Waals surface area contributed by atoms with Crippen molar-refractivity contribution in [3.05, 3.63) is 82.4 Å². The summed E-state index contributed by atoms with van der Waals surface area (Å²) >= 11 is 6.37. The van der Waals surface area contributed by atoms with Gasteiger partial charge in [-0.2, -0.15) is 26.3 Å². The number of aliphatic hydroxyl groups is 1. The molecule has 0 aliphatic carbocycles. The van der Waals surface area contributed by atoms with Gasteiger partial charge in [-0.15, -0.1) is 0 Å². The van der Waals surface area contributed by atoms with Gasteiger partial charge in [-0.05, 0) is 74.7 Å². The average molecular weight is 659 g/mol. The number of carbonyl (C=O) groups excluding carboxylic acids is 2. The Kier molecular flexibility index (Phi) is 9.11. The van der Waals surface area contributed by atoms with E-state index in [2.05, 4.69) is 5.32 Å². The third kappa shape index (κ3) is 6.28. The zero-order valence-corrected chi connectivity index (χ0v) is 25.2. The SMILES string of the molecule is CCCc1cc(C(O)(C(F)(F)F)C(F)(F)F)ccc1Oc1ccc(Cl)c(N2C(=O)NC(C)(c3ccc(OC(C)C)cc3)C2=O)c1. The number of rotatable bonds is 9. The zero-order chi connectivity index (χ0) is 33.5. The standard InChI is InChI=1S/C31H29ClF6N2O5/c1-5-6-18-15-20(29(43,30(33,34)35)31(36,37)38)9-14-25(18)45-22-12-13-23(32)24(16-22)40-26(41)28(4,39-27(40)42)19-7-10-21(11-8-19)44-17(2)3/h7-17,43H,5-6H2,1-4H3,(H,39,42). The first-order chi connectivity index (χ1) is 20.8. The van der Waals surface area contributed by atoms with Crippen LogP contribution in [0.3, 0.4) is 0 Å². The summed E-state index contributed by atoms with van der Waals surface area (Å²) in [5.41, 5.74) is -7.66. The molecule has 3 aromatic rings. The lowest BCUT2D eigenvalue weighted by atomic mass is 9.90. The van der Waals surface area contributed by atoms with Crippen LogP contribution in [0.15, 0.2) is 60.7 Å². The normalized spacial score (nSPS) is 17.6. The first kappa shape index (κ1) is 33.9. The van der Waals surface area contributed by atoms with Gasteiger partial charge < -0.3 is 19.9 Å². The molecular weight excluding hydrogens is 630 g/mol. The number of hydrogen-bond donors (Lipinski definition) is 2. The number of carbonyl (C=O) groups is 2. The van der Waals surface area contributed by atoms with Crippen LogP contribution in [0.25, 0.3) is 0 Å². The molecule has 1 unspecified atom stereocenters. The topological polar surface area (TPSA) is 88.1 Å². The highest BCUT2D eigenvalue weighted by molar-refractivity contribution is 6.36. The molecule has 0 bridgehead atoms. The Morgan fingerprint density at radius 2 is 1.53 bits per heavy atom. The van der Waals surface area contributed by atoms with Crippen LogP contribution < -0.4 is 19.7 Å². The first-order valence-electron chi connectivity index (χ1n) is 13.7. The van der Waals surface area contributed by atoms with Crippen LogP contribution in [0.5, 0.6) is 17.2 Å². The lowest BCUT2D eigenvalue weighted by Gasteiger charge is -2.33. The van der Waals surface area contributed by atoms with Crippen LogP contribution in [0.2, 0.25) is 5.02 Å². The predicted octanol–water partition coefficient (Wildman–Crippen LogP) is 8.16. The number of alkyl halides is 6. The predicted molar refractivity (Wildman–Crippen MR) is 154 cm³/mol. The molecule has 1 atom stereocenters. The molecule has 3 aromatic carbocycles. The van der Waals surface area contributed by atoms with E-state index in [9.17, 15) is 41.0 Å². The summed E-state index contributed by atoms with van der Waals surface area (Å²) in [6, 6.07) is 11.7. The van der Waals surface area contributed by atoms with Gasteiger partial charge >= 0.3 is 18.4 Å². The maximum absolute atomic E-state index is 13.7. The largest absolute Gasteiger partial charge is 0.491 e. The zero-order valence-electron chi connectivity index (χ0n) is 24.4. The van der Waals surface area contributed by atoms with E-state index in [-0.39, 0.29) is 40.3 Å². The number of halogens is 7. The van der Waals surface area contributed by atoms with Crippen LogP contribution in [0, 0.1) is 0 Å². The summed E-state index contributed by atoms with van der Waals surface area (Å²) in [6.07, 6.45) is -11.9. The number of amides is 3. The number of ether oxygens (including phenoxy) is 2. The Morgan fingerprint density at radius 3 is 2.09 bits per heavy atom. The molecular formula is C31H29ClF6N2O5. The Bertz CT molecular complexity index is 1580. The highest BCUT2D eigenvalue weighted by Crippen LogP contribution is 2.51. The highest BCUT2D eigenvalue weighted by atomic mass is 35.5.